The predicted octanol–water partition coefficient (Wildman–Crippen LogP) is 2.37. The van der Waals surface area contributed by atoms with E-state index in [-0.39, 0.29) is 5.95 Å². The van der Waals surface area contributed by atoms with Crippen LogP contribution in [0.3, 0.4) is 0 Å². The number of halogens is 2. The summed E-state index contributed by atoms with van der Waals surface area (Å²) < 4.78 is 12.2. The maximum absolute atomic E-state index is 12.2. The van der Waals surface area contributed by atoms with Crippen molar-refractivity contribution in [3.05, 3.63) is 22.7 Å². The van der Waals surface area contributed by atoms with Crippen LogP contribution in [0.2, 0.25) is 5.02 Å². The van der Waals surface area contributed by atoms with E-state index < -0.39 is 0 Å². The third-order valence-corrected chi connectivity index (χ3v) is 1.50. The van der Waals surface area contributed by atoms with Crippen molar-refractivity contribution in [2.75, 3.05) is 0 Å². The summed E-state index contributed by atoms with van der Waals surface area (Å²) in [6.07, 6.45) is 0.739. The van der Waals surface area contributed by atoms with E-state index in [4.69, 9.17) is 11.6 Å². The van der Waals surface area contributed by atoms with Crippen molar-refractivity contribution in [1.82, 2.24) is 4.98 Å². The van der Waals surface area contributed by atoms with E-state index in [9.17, 15) is 4.39 Å². The van der Waals surface area contributed by atoms with Crippen molar-refractivity contribution in [3.8, 4) is 0 Å². The molecule has 0 aromatic carbocycles. The van der Waals surface area contributed by atoms with Gasteiger partial charge in [-0.2, -0.15) is 4.39 Å². The van der Waals surface area contributed by atoms with Crippen LogP contribution in [0.15, 0.2) is 6.07 Å². The van der Waals surface area contributed by atoms with Gasteiger partial charge < -0.3 is 4.98 Å². The van der Waals surface area contributed by atoms with Gasteiger partial charge in [0.25, 0.3) is 0 Å². The second-order valence-electron chi connectivity index (χ2n) is 1.80. The zero-order valence-electron chi connectivity index (χ0n) is 5.04. The number of aromatic nitrogens is 1. The molecule has 1 nitrogen and oxygen atoms in total. The molecule has 1 N–H and O–H groups in total. The summed E-state index contributed by atoms with van der Waals surface area (Å²) in [5.74, 6) is -0.364. The normalized spacial score (nSPS) is 10.1. The first-order chi connectivity index (χ1) is 4.24. The molecule has 0 spiro atoms. The Labute approximate surface area is 57.8 Å². The van der Waals surface area contributed by atoms with Gasteiger partial charge in [0.1, 0.15) is 0 Å². The maximum Gasteiger partial charge on any atom is 0.192 e. The zero-order chi connectivity index (χ0) is 6.85. The molecule has 0 aliphatic carbocycles. The Balaban J connectivity index is 3.01. The fourth-order valence-electron chi connectivity index (χ4n) is 0.696. The van der Waals surface area contributed by atoms with Crippen LogP contribution >= 0.6 is 11.6 Å². The average molecular weight is 148 g/mol. The molecule has 0 aliphatic rings. The number of aryl methyl sites for hydroxylation is 1. The van der Waals surface area contributed by atoms with Gasteiger partial charge >= 0.3 is 0 Å². The van der Waals surface area contributed by atoms with E-state index in [0.29, 0.717) is 5.02 Å². The third-order valence-electron chi connectivity index (χ3n) is 1.17. The van der Waals surface area contributed by atoms with E-state index in [1.165, 1.54) is 6.07 Å². The van der Waals surface area contributed by atoms with Gasteiger partial charge in [-0.25, -0.2) is 0 Å². The van der Waals surface area contributed by atoms with Gasteiger partial charge in [0.15, 0.2) is 5.95 Å². The van der Waals surface area contributed by atoms with Crippen molar-refractivity contribution in [2.24, 2.45) is 0 Å². The van der Waals surface area contributed by atoms with Crippen molar-refractivity contribution in [2.45, 2.75) is 13.3 Å². The predicted molar refractivity (Wildman–Crippen MR) is 35.1 cm³/mol. The Morgan fingerprint density at radius 1 is 1.78 bits per heavy atom. The number of aromatic amines is 1. The molecule has 1 rings (SSSR count). The Kier molecular flexibility index (Phi) is 1.76. The number of rotatable bonds is 1. The standard InChI is InChI=1S/C6H7ClFN/c1-2-5-4(7)3-6(8)9-5/h3,9H,2H2,1H3. The van der Waals surface area contributed by atoms with Crippen molar-refractivity contribution in [1.29, 1.82) is 0 Å². The second-order valence-corrected chi connectivity index (χ2v) is 2.20. The summed E-state index contributed by atoms with van der Waals surface area (Å²) in [6, 6.07) is 1.28. The lowest BCUT2D eigenvalue weighted by Gasteiger charge is -1.87. The zero-order valence-corrected chi connectivity index (χ0v) is 5.80. The number of hydrogen-bond donors (Lipinski definition) is 1. The second kappa shape index (κ2) is 2.40. The van der Waals surface area contributed by atoms with Gasteiger partial charge in [-0.1, -0.05) is 18.5 Å². The minimum absolute atomic E-state index is 0.364. The van der Waals surface area contributed by atoms with Crippen molar-refractivity contribution in [3.63, 3.8) is 0 Å². The van der Waals surface area contributed by atoms with Crippen LogP contribution in [0.25, 0.3) is 0 Å². The third kappa shape index (κ3) is 1.24. The minimum atomic E-state index is -0.364. The molecule has 1 heterocycles. The molecule has 0 unspecified atom stereocenters. The highest BCUT2D eigenvalue weighted by atomic mass is 35.5. The first kappa shape index (κ1) is 6.62. The molecule has 1 aromatic heterocycles. The SMILES string of the molecule is CCc1[nH]c(F)cc1Cl. The highest BCUT2D eigenvalue weighted by molar-refractivity contribution is 6.31. The fraction of sp³-hybridized carbons (Fsp3) is 0.333. The lowest BCUT2D eigenvalue weighted by molar-refractivity contribution is 0.588. The van der Waals surface area contributed by atoms with Gasteiger partial charge in [-0.3, -0.25) is 0 Å². The van der Waals surface area contributed by atoms with Gasteiger partial charge in [-0.15, -0.1) is 0 Å². The van der Waals surface area contributed by atoms with E-state index in [0.717, 1.165) is 12.1 Å². The molecule has 9 heavy (non-hydrogen) atoms. The van der Waals surface area contributed by atoms with Gasteiger partial charge in [0, 0.05) is 11.8 Å². The van der Waals surface area contributed by atoms with Gasteiger partial charge in [-0.05, 0) is 6.42 Å². The summed E-state index contributed by atoms with van der Waals surface area (Å²) >= 11 is 5.57. The largest absolute Gasteiger partial charge is 0.334 e. The summed E-state index contributed by atoms with van der Waals surface area (Å²) in [5.41, 5.74) is 0.758. The number of hydrogen-bond acceptors (Lipinski definition) is 0. The molecule has 0 amide bonds. The highest BCUT2D eigenvalue weighted by Crippen LogP contribution is 2.15. The fourth-order valence-corrected chi connectivity index (χ4v) is 0.972. The Morgan fingerprint density at radius 3 is 2.67 bits per heavy atom. The van der Waals surface area contributed by atoms with Crippen LogP contribution in [0.5, 0.6) is 0 Å². The first-order valence-electron chi connectivity index (χ1n) is 2.77. The average Bonchev–Trinajstić information content (AvgIpc) is 2.10. The van der Waals surface area contributed by atoms with E-state index in [1.54, 1.807) is 0 Å². The quantitative estimate of drug-likeness (QED) is 0.628. The molecule has 0 bridgehead atoms. The smallest absolute Gasteiger partial charge is 0.192 e. The first-order valence-corrected chi connectivity index (χ1v) is 3.14. The molecular formula is C6H7ClFN. The molecule has 0 fully saturated rings. The molecule has 0 saturated heterocycles. The molecular weight excluding hydrogens is 141 g/mol. The van der Waals surface area contributed by atoms with Crippen LogP contribution in [0.1, 0.15) is 12.6 Å². The van der Waals surface area contributed by atoms with Crippen LogP contribution in [-0.4, -0.2) is 4.98 Å². The van der Waals surface area contributed by atoms with Crippen LogP contribution in [-0.2, 0) is 6.42 Å². The van der Waals surface area contributed by atoms with Crippen molar-refractivity contribution >= 4 is 11.6 Å². The van der Waals surface area contributed by atoms with Crippen molar-refractivity contribution < 1.29 is 4.39 Å². The Bertz CT molecular complexity index is 207. The van der Waals surface area contributed by atoms with Gasteiger partial charge in [0.2, 0.25) is 0 Å². The van der Waals surface area contributed by atoms with Crippen LogP contribution in [0.4, 0.5) is 4.39 Å². The molecule has 0 atom stereocenters. The Morgan fingerprint density at radius 2 is 2.44 bits per heavy atom. The molecule has 0 saturated carbocycles. The van der Waals surface area contributed by atoms with E-state index >= 15 is 0 Å². The summed E-state index contributed by atoms with van der Waals surface area (Å²) in [5, 5.41) is 0.481. The molecule has 1 aromatic rings. The summed E-state index contributed by atoms with van der Waals surface area (Å²) in [7, 11) is 0. The molecule has 0 aliphatic heterocycles. The lowest BCUT2D eigenvalue weighted by Crippen LogP contribution is -1.79. The summed E-state index contributed by atoms with van der Waals surface area (Å²) in [4.78, 5) is 2.50. The minimum Gasteiger partial charge on any atom is -0.334 e. The highest BCUT2D eigenvalue weighted by Gasteiger charge is 2.01. The number of nitrogens with one attached hydrogen (secondary N) is 1. The Hall–Kier alpha value is -0.500. The monoisotopic (exact) mass is 147 g/mol. The topological polar surface area (TPSA) is 15.8 Å². The lowest BCUT2D eigenvalue weighted by atomic mass is 10.3. The van der Waals surface area contributed by atoms with Gasteiger partial charge in [0.05, 0.1) is 5.02 Å². The number of H-pyrrole nitrogens is 1. The maximum atomic E-state index is 12.2. The van der Waals surface area contributed by atoms with E-state index in [1.807, 2.05) is 6.92 Å². The summed E-state index contributed by atoms with van der Waals surface area (Å²) in [6.45, 7) is 1.91. The molecule has 3 heteroatoms. The molecule has 0 radical (unpaired) electrons. The van der Waals surface area contributed by atoms with E-state index in [2.05, 4.69) is 4.98 Å². The molecule has 50 valence electrons. The van der Waals surface area contributed by atoms with Crippen LogP contribution in [0, 0.1) is 5.95 Å². The van der Waals surface area contributed by atoms with Crippen LogP contribution < -0.4 is 0 Å².